The Labute approximate surface area is 89.1 Å². The van der Waals surface area contributed by atoms with Crippen molar-refractivity contribution in [2.24, 2.45) is 0 Å². The highest BCUT2D eigenvalue weighted by molar-refractivity contribution is 5.69. The van der Waals surface area contributed by atoms with E-state index < -0.39 is 0 Å². The molecule has 0 saturated carbocycles. The third-order valence-electron chi connectivity index (χ3n) is 2.40. The number of methoxy groups -OCH3 is 1. The van der Waals surface area contributed by atoms with Crippen LogP contribution in [0.4, 0.5) is 0 Å². The Morgan fingerprint density at radius 1 is 1.27 bits per heavy atom. The molecule has 15 heavy (non-hydrogen) atoms. The highest BCUT2D eigenvalue weighted by atomic mass is 16.5. The fourth-order valence-electron chi connectivity index (χ4n) is 1.68. The normalized spacial score (nSPS) is 10.3. The minimum atomic E-state index is 0.893. The van der Waals surface area contributed by atoms with Crippen molar-refractivity contribution in [3.63, 3.8) is 0 Å². The Morgan fingerprint density at radius 3 is 2.67 bits per heavy atom. The predicted molar refractivity (Wildman–Crippen MR) is 60.0 cm³/mol. The van der Waals surface area contributed by atoms with Crippen molar-refractivity contribution >= 4 is 0 Å². The van der Waals surface area contributed by atoms with Crippen molar-refractivity contribution < 1.29 is 4.74 Å². The zero-order valence-corrected chi connectivity index (χ0v) is 9.16. The topological polar surface area (TPSA) is 37.9 Å². The van der Waals surface area contributed by atoms with Gasteiger partial charge in [0.25, 0.3) is 0 Å². The maximum Gasteiger partial charge on any atom is 0.131 e. The smallest absolute Gasteiger partial charge is 0.131 e. The van der Waals surface area contributed by atoms with Crippen molar-refractivity contribution in [1.29, 1.82) is 0 Å². The molecule has 2 rings (SSSR count). The highest BCUT2D eigenvalue weighted by Crippen LogP contribution is 2.31. The summed E-state index contributed by atoms with van der Waals surface area (Å²) in [7, 11) is 1.69. The van der Waals surface area contributed by atoms with Gasteiger partial charge in [-0.15, -0.1) is 0 Å². The lowest BCUT2D eigenvalue weighted by Gasteiger charge is -2.08. The molecular weight excluding hydrogens is 188 g/mol. The molecule has 0 unspecified atom stereocenters. The fourth-order valence-corrected chi connectivity index (χ4v) is 1.68. The lowest BCUT2D eigenvalue weighted by molar-refractivity contribution is 0.413. The molecule has 1 aromatic heterocycles. The van der Waals surface area contributed by atoms with E-state index in [1.165, 1.54) is 0 Å². The number of ether oxygens (including phenoxy) is 1. The average Bonchev–Trinajstić information content (AvgIpc) is 2.64. The Bertz CT molecular complexity index is 474. The standard InChI is InChI=1S/C12H14N2O/c1-8-5-4-6-10(12(8)15-3)11-7-9(2)13-14-11/h4-7H,1-3H3,(H,13,14). The second kappa shape index (κ2) is 3.77. The molecule has 0 saturated heterocycles. The summed E-state index contributed by atoms with van der Waals surface area (Å²) in [5, 5.41) is 7.16. The summed E-state index contributed by atoms with van der Waals surface area (Å²) >= 11 is 0. The highest BCUT2D eigenvalue weighted by Gasteiger charge is 2.09. The largest absolute Gasteiger partial charge is 0.496 e. The number of aryl methyl sites for hydroxylation is 2. The Morgan fingerprint density at radius 2 is 2.07 bits per heavy atom. The first-order valence-corrected chi connectivity index (χ1v) is 4.88. The van der Waals surface area contributed by atoms with Gasteiger partial charge in [0, 0.05) is 11.3 Å². The van der Waals surface area contributed by atoms with Gasteiger partial charge in [-0.25, -0.2) is 0 Å². The summed E-state index contributed by atoms with van der Waals surface area (Å²) in [6.07, 6.45) is 0. The zero-order chi connectivity index (χ0) is 10.8. The number of para-hydroxylation sites is 1. The van der Waals surface area contributed by atoms with Crippen LogP contribution < -0.4 is 4.74 Å². The molecule has 0 aliphatic heterocycles. The Hall–Kier alpha value is -1.77. The Balaban J connectivity index is 2.57. The third kappa shape index (κ3) is 1.73. The van der Waals surface area contributed by atoms with E-state index in [-0.39, 0.29) is 0 Å². The maximum atomic E-state index is 5.39. The molecule has 0 spiro atoms. The van der Waals surface area contributed by atoms with Crippen molar-refractivity contribution in [2.75, 3.05) is 7.11 Å². The molecule has 1 N–H and O–H groups in total. The van der Waals surface area contributed by atoms with Gasteiger partial charge in [-0.1, -0.05) is 12.1 Å². The van der Waals surface area contributed by atoms with E-state index in [4.69, 9.17) is 4.74 Å². The van der Waals surface area contributed by atoms with Gasteiger partial charge in [-0.05, 0) is 31.5 Å². The first-order valence-electron chi connectivity index (χ1n) is 4.88. The van der Waals surface area contributed by atoms with Crippen molar-refractivity contribution in [3.05, 3.63) is 35.5 Å². The van der Waals surface area contributed by atoms with Gasteiger partial charge in [-0.2, -0.15) is 5.10 Å². The summed E-state index contributed by atoms with van der Waals surface area (Å²) in [5.74, 6) is 0.893. The summed E-state index contributed by atoms with van der Waals surface area (Å²) < 4.78 is 5.39. The number of H-pyrrole nitrogens is 1. The van der Waals surface area contributed by atoms with Crippen LogP contribution in [-0.2, 0) is 0 Å². The SMILES string of the molecule is COc1c(C)cccc1-c1cc(C)[nH]n1. The molecule has 0 aliphatic carbocycles. The lowest BCUT2D eigenvalue weighted by atomic mass is 10.1. The first kappa shape index (κ1) is 9.77. The number of hydrogen-bond donors (Lipinski definition) is 1. The van der Waals surface area contributed by atoms with Crippen LogP contribution in [0.15, 0.2) is 24.3 Å². The molecule has 1 heterocycles. The minimum absolute atomic E-state index is 0.893. The van der Waals surface area contributed by atoms with Crippen LogP contribution in [0.2, 0.25) is 0 Å². The zero-order valence-electron chi connectivity index (χ0n) is 9.16. The number of nitrogens with zero attached hydrogens (tertiary/aromatic N) is 1. The summed E-state index contributed by atoms with van der Waals surface area (Å²) in [4.78, 5) is 0. The molecule has 0 aliphatic rings. The first-order chi connectivity index (χ1) is 7.22. The molecule has 0 fully saturated rings. The number of nitrogens with one attached hydrogen (secondary N) is 1. The molecule has 0 radical (unpaired) electrons. The van der Waals surface area contributed by atoms with Gasteiger partial charge in [0.2, 0.25) is 0 Å². The third-order valence-corrected chi connectivity index (χ3v) is 2.40. The van der Waals surface area contributed by atoms with Crippen LogP contribution in [0.3, 0.4) is 0 Å². The second-order valence-electron chi connectivity index (χ2n) is 3.59. The number of hydrogen-bond acceptors (Lipinski definition) is 2. The van der Waals surface area contributed by atoms with E-state index >= 15 is 0 Å². The van der Waals surface area contributed by atoms with Crippen LogP contribution in [0.1, 0.15) is 11.3 Å². The number of benzene rings is 1. The van der Waals surface area contributed by atoms with Crippen LogP contribution in [0, 0.1) is 13.8 Å². The molecule has 2 aromatic rings. The van der Waals surface area contributed by atoms with Gasteiger partial charge in [-0.3, -0.25) is 5.10 Å². The van der Waals surface area contributed by atoms with Crippen LogP contribution in [0.25, 0.3) is 11.3 Å². The van der Waals surface area contributed by atoms with Crippen LogP contribution >= 0.6 is 0 Å². The van der Waals surface area contributed by atoms with Crippen molar-refractivity contribution in [3.8, 4) is 17.0 Å². The Kier molecular flexibility index (Phi) is 2.46. The summed E-state index contributed by atoms with van der Waals surface area (Å²) in [5.41, 5.74) is 4.12. The van der Waals surface area contributed by atoms with E-state index in [1.54, 1.807) is 7.11 Å². The lowest BCUT2D eigenvalue weighted by Crippen LogP contribution is -1.91. The van der Waals surface area contributed by atoms with E-state index in [0.717, 1.165) is 28.3 Å². The molecule has 3 nitrogen and oxygen atoms in total. The minimum Gasteiger partial charge on any atom is -0.496 e. The van der Waals surface area contributed by atoms with E-state index in [9.17, 15) is 0 Å². The van der Waals surface area contributed by atoms with Gasteiger partial charge < -0.3 is 4.74 Å². The molecule has 0 bridgehead atoms. The molecule has 78 valence electrons. The molecule has 3 heteroatoms. The van der Waals surface area contributed by atoms with Crippen molar-refractivity contribution in [1.82, 2.24) is 10.2 Å². The van der Waals surface area contributed by atoms with E-state index in [0.29, 0.717) is 0 Å². The van der Waals surface area contributed by atoms with Gasteiger partial charge in [0.15, 0.2) is 0 Å². The molecule has 1 aromatic carbocycles. The van der Waals surface area contributed by atoms with E-state index in [2.05, 4.69) is 10.2 Å². The van der Waals surface area contributed by atoms with Gasteiger partial charge >= 0.3 is 0 Å². The van der Waals surface area contributed by atoms with Crippen molar-refractivity contribution in [2.45, 2.75) is 13.8 Å². The quantitative estimate of drug-likeness (QED) is 0.813. The van der Waals surface area contributed by atoms with Gasteiger partial charge in [0.05, 0.1) is 12.8 Å². The number of aromatic nitrogens is 2. The molecular formula is C12H14N2O. The predicted octanol–water partition coefficient (Wildman–Crippen LogP) is 2.70. The number of aromatic amines is 1. The monoisotopic (exact) mass is 202 g/mol. The average molecular weight is 202 g/mol. The van der Waals surface area contributed by atoms with Crippen LogP contribution in [-0.4, -0.2) is 17.3 Å². The molecule has 0 atom stereocenters. The van der Waals surface area contributed by atoms with E-state index in [1.807, 2.05) is 38.1 Å². The van der Waals surface area contributed by atoms with Crippen LogP contribution in [0.5, 0.6) is 5.75 Å². The van der Waals surface area contributed by atoms with Gasteiger partial charge in [0.1, 0.15) is 5.75 Å². The maximum absolute atomic E-state index is 5.39. The summed E-state index contributed by atoms with van der Waals surface area (Å²) in [6.45, 7) is 4.01. The summed E-state index contributed by atoms with van der Waals surface area (Å²) in [6, 6.07) is 8.07. The number of rotatable bonds is 2. The fraction of sp³-hybridized carbons (Fsp3) is 0.250. The molecule has 0 amide bonds. The second-order valence-corrected chi connectivity index (χ2v) is 3.59.